The fraction of sp³-hybridized carbons (Fsp3) is 0.375. The van der Waals surface area contributed by atoms with Gasteiger partial charge in [-0.1, -0.05) is 5.11 Å². The fourth-order valence-electron chi connectivity index (χ4n) is 5.40. The Morgan fingerprint density at radius 2 is 1.30 bits per heavy atom. The van der Waals surface area contributed by atoms with Crippen molar-refractivity contribution in [2.75, 3.05) is 27.4 Å². The predicted octanol–water partition coefficient (Wildman–Crippen LogP) is 0.219. The summed E-state index contributed by atoms with van der Waals surface area (Å²) in [6.45, 7) is -1.52. The van der Waals surface area contributed by atoms with E-state index in [0.717, 1.165) is 29.1 Å². The molecule has 0 bridgehead atoms. The summed E-state index contributed by atoms with van der Waals surface area (Å²) in [5, 5.41) is 42.8. The Labute approximate surface area is 318 Å². The number of phosphoric acid groups is 1. The predicted molar refractivity (Wildman–Crippen MR) is 189 cm³/mol. The van der Waals surface area contributed by atoms with Gasteiger partial charge in [-0.15, -0.1) is 0 Å². The van der Waals surface area contributed by atoms with E-state index in [1.54, 1.807) is 24.3 Å². The third-order valence-electron chi connectivity index (χ3n) is 8.34. The lowest BCUT2D eigenvalue weighted by Gasteiger charge is -2.23. The zero-order valence-electron chi connectivity index (χ0n) is 29.6. The van der Waals surface area contributed by atoms with Crippen LogP contribution in [0.4, 0.5) is 4.39 Å². The van der Waals surface area contributed by atoms with Gasteiger partial charge in [0.1, 0.15) is 47.4 Å². The first-order valence-corrected chi connectivity index (χ1v) is 17.9. The van der Waals surface area contributed by atoms with E-state index < -0.39 is 92.3 Å². The molecule has 25 heteroatoms. The quantitative estimate of drug-likeness (QED) is 0.0455. The summed E-state index contributed by atoms with van der Waals surface area (Å²) in [5.74, 6) is 1.37. The van der Waals surface area contributed by atoms with Crippen molar-refractivity contribution in [1.29, 1.82) is 0 Å². The van der Waals surface area contributed by atoms with Crippen LogP contribution >= 0.6 is 7.82 Å². The van der Waals surface area contributed by atoms with Gasteiger partial charge in [0.15, 0.2) is 18.6 Å². The molecule has 6 rings (SSSR count). The van der Waals surface area contributed by atoms with E-state index >= 15 is 0 Å². The van der Waals surface area contributed by atoms with Gasteiger partial charge in [-0.05, 0) is 54.1 Å². The molecule has 0 spiro atoms. The molecule has 23 nitrogen and oxygen atoms in total. The van der Waals surface area contributed by atoms with Gasteiger partial charge in [0.05, 0.1) is 27.4 Å². The number of benzene rings is 2. The van der Waals surface area contributed by atoms with Crippen molar-refractivity contribution in [3.05, 3.63) is 125 Å². The second-order valence-corrected chi connectivity index (χ2v) is 13.5. The highest BCUT2D eigenvalue weighted by Gasteiger charge is 2.56. The standard InChI is InChI=1S/C23H25N2O11P.C9H10FN5O5/c1-31-14-3-7-16(8-4-14)35-37(30,36-17-9-5-15(32-2)6-10-17)33-13-18-20(27)21(28)22(34-18)25-12-11-19(26)24-23(25)29;10-5-6(18)9(3-16,13-14-11)20-7(5)15-2-1-4(17)12-8(15)19/h3-12,18,20-22,27-28H,13H2,1-2H3,(H,24,26,29);1-2,5-7,16,18H,3H2,(H,12,17,19)/t18-,20-,21-,22-;5-,6+,7-,9-/m11/s1. The van der Waals surface area contributed by atoms with Crippen molar-refractivity contribution < 1.29 is 61.9 Å². The molecular formula is C32H35FN7O16P. The number of H-pyrrole nitrogens is 2. The lowest BCUT2D eigenvalue weighted by molar-refractivity contribution is -0.124. The molecule has 0 aliphatic carbocycles. The highest BCUT2D eigenvalue weighted by Crippen LogP contribution is 2.50. The van der Waals surface area contributed by atoms with Crippen LogP contribution in [0.15, 0.2) is 97.3 Å². The molecule has 2 fully saturated rings. The molecule has 306 valence electrons. The average Bonchev–Trinajstić information content (AvgIpc) is 3.61. The first-order valence-electron chi connectivity index (χ1n) is 16.4. The smallest absolute Gasteiger partial charge is 0.497 e. The van der Waals surface area contributed by atoms with E-state index in [2.05, 4.69) is 10.0 Å². The van der Waals surface area contributed by atoms with Crippen LogP contribution in [-0.2, 0) is 18.6 Å². The van der Waals surface area contributed by atoms with Gasteiger partial charge in [-0.2, -0.15) is 0 Å². The van der Waals surface area contributed by atoms with Gasteiger partial charge in [0, 0.05) is 29.4 Å². The molecule has 2 saturated heterocycles. The minimum absolute atomic E-state index is 0.142. The van der Waals surface area contributed by atoms with Gasteiger partial charge in [-0.25, -0.2) is 18.5 Å². The Bertz CT molecular complexity index is 2280. The molecule has 0 radical (unpaired) electrons. The second kappa shape index (κ2) is 18.0. The lowest BCUT2D eigenvalue weighted by atomic mass is 10.1. The van der Waals surface area contributed by atoms with E-state index in [9.17, 15) is 43.5 Å². The number of halogens is 1. The first kappa shape index (κ1) is 42.3. The number of phosphoric ester groups is 1. The normalized spacial score (nSPS) is 25.4. The summed E-state index contributed by atoms with van der Waals surface area (Å²) in [6, 6.07) is 14.3. The summed E-state index contributed by atoms with van der Waals surface area (Å²) < 4.78 is 66.7. The van der Waals surface area contributed by atoms with Gasteiger partial charge < -0.3 is 48.4 Å². The van der Waals surface area contributed by atoms with Crippen molar-refractivity contribution in [3.63, 3.8) is 0 Å². The molecule has 4 heterocycles. The summed E-state index contributed by atoms with van der Waals surface area (Å²) >= 11 is 0. The van der Waals surface area contributed by atoms with E-state index in [0.29, 0.717) is 16.1 Å². The Kier molecular flexibility index (Phi) is 13.4. The van der Waals surface area contributed by atoms with Crippen LogP contribution in [-0.4, -0.2) is 103 Å². The van der Waals surface area contributed by atoms with E-state index in [-0.39, 0.29) is 11.5 Å². The van der Waals surface area contributed by atoms with Crippen molar-refractivity contribution in [2.45, 2.75) is 48.8 Å². The number of aliphatic hydroxyl groups excluding tert-OH is 4. The highest BCUT2D eigenvalue weighted by molar-refractivity contribution is 7.49. The number of nitrogens with one attached hydrogen (secondary N) is 2. The molecule has 8 atom stereocenters. The maximum atomic E-state index is 14.0. The number of ether oxygens (including phenoxy) is 4. The maximum absolute atomic E-state index is 14.0. The molecule has 0 unspecified atom stereocenters. The summed E-state index contributed by atoms with van der Waals surface area (Å²) in [7, 11) is -1.40. The minimum Gasteiger partial charge on any atom is -0.497 e. The lowest BCUT2D eigenvalue weighted by Crippen LogP contribution is -2.43. The molecule has 2 aromatic carbocycles. The molecule has 6 N–H and O–H groups in total. The molecule has 0 amide bonds. The third-order valence-corrected chi connectivity index (χ3v) is 9.67. The average molecular weight is 824 g/mol. The summed E-state index contributed by atoms with van der Waals surface area (Å²) in [5.41, 5.74) is 3.02. The number of nitrogens with zero attached hydrogens (tertiary/aromatic N) is 5. The van der Waals surface area contributed by atoms with Crippen LogP contribution in [0.2, 0.25) is 0 Å². The fourth-order valence-corrected chi connectivity index (χ4v) is 6.63. The van der Waals surface area contributed by atoms with Crippen LogP contribution in [0.3, 0.4) is 0 Å². The van der Waals surface area contributed by atoms with E-state index in [4.69, 9.17) is 43.2 Å². The van der Waals surface area contributed by atoms with Crippen molar-refractivity contribution in [1.82, 2.24) is 19.1 Å². The maximum Gasteiger partial charge on any atom is 0.587 e. The largest absolute Gasteiger partial charge is 0.587 e. The van der Waals surface area contributed by atoms with Crippen LogP contribution in [0.1, 0.15) is 12.5 Å². The van der Waals surface area contributed by atoms with Gasteiger partial charge >= 0.3 is 19.2 Å². The number of aromatic nitrogens is 4. The van der Waals surface area contributed by atoms with Gasteiger partial charge in [0.2, 0.25) is 5.72 Å². The number of alkyl halides is 1. The Morgan fingerprint density at radius 1 is 0.825 bits per heavy atom. The number of hydrogen-bond acceptors (Lipinski definition) is 17. The monoisotopic (exact) mass is 823 g/mol. The van der Waals surface area contributed by atoms with Crippen molar-refractivity contribution in [2.24, 2.45) is 5.11 Å². The number of hydrogen-bond donors (Lipinski definition) is 6. The van der Waals surface area contributed by atoms with Crippen LogP contribution in [0, 0.1) is 0 Å². The molecule has 2 aliphatic rings. The summed E-state index contributed by atoms with van der Waals surface area (Å²) in [4.78, 5) is 52.2. The van der Waals surface area contributed by atoms with Crippen LogP contribution in [0.25, 0.3) is 10.4 Å². The number of aromatic amines is 2. The van der Waals surface area contributed by atoms with E-state index in [1.807, 2.05) is 9.97 Å². The van der Waals surface area contributed by atoms with Gasteiger partial charge in [0.25, 0.3) is 11.1 Å². The highest BCUT2D eigenvalue weighted by atomic mass is 31.2. The van der Waals surface area contributed by atoms with Crippen LogP contribution < -0.4 is 41.0 Å². The molecule has 57 heavy (non-hydrogen) atoms. The van der Waals surface area contributed by atoms with Crippen molar-refractivity contribution in [3.8, 4) is 23.0 Å². The molecule has 0 saturated carbocycles. The number of rotatable bonds is 13. The molecule has 2 aliphatic heterocycles. The molecule has 4 aromatic rings. The number of azide groups is 1. The zero-order valence-corrected chi connectivity index (χ0v) is 30.5. The Hall–Kier alpha value is -5.81. The summed E-state index contributed by atoms with van der Waals surface area (Å²) in [6.07, 6.45) is -9.32. The third kappa shape index (κ3) is 9.60. The first-order chi connectivity index (χ1) is 27.2. The topological polar surface area (TPSA) is 321 Å². The number of aliphatic hydroxyl groups is 4. The molecular weight excluding hydrogens is 788 g/mol. The molecule has 2 aromatic heterocycles. The zero-order chi connectivity index (χ0) is 41.5. The SMILES string of the molecule is COc1ccc(OP(=O)(OC[C@H]2O[C@@H](n3ccc(=O)[nH]c3=O)[C@H](O)[C@@H]2O)Oc2ccc(OC)cc2)cc1.[N-]=[N+]=N[C@]1(CO)O[C@@H](n2ccc(=O)[nH]c2=O)[C@H](F)[C@@H]1O. The van der Waals surface area contributed by atoms with Crippen molar-refractivity contribution >= 4 is 7.82 Å². The second-order valence-electron chi connectivity index (χ2n) is 11.9. The van der Waals surface area contributed by atoms with E-state index in [1.165, 1.54) is 38.5 Å². The number of methoxy groups -OCH3 is 2. The Balaban J connectivity index is 0.000000261. The van der Waals surface area contributed by atoms with Gasteiger partial charge in [-0.3, -0.25) is 33.2 Å². The Morgan fingerprint density at radius 3 is 1.74 bits per heavy atom. The minimum atomic E-state index is -4.39. The van der Waals surface area contributed by atoms with Crippen LogP contribution in [0.5, 0.6) is 23.0 Å².